The lowest BCUT2D eigenvalue weighted by atomic mass is 10.1. The highest BCUT2D eigenvalue weighted by Crippen LogP contribution is 2.40. The third-order valence-electron chi connectivity index (χ3n) is 9.54. The average molecular weight is 578 g/mol. The van der Waals surface area contributed by atoms with E-state index in [2.05, 4.69) is 26.6 Å². The van der Waals surface area contributed by atoms with Crippen LogP contribution in [0.4, 0.5) is 11.5 Å². The molecule has 2 bridgehead atoms. The number of phenolic OH excluding ortho intramolecular Hbond substituents is 1. The number of benzene rings is 2. The van der Waals surface area contributed by atoms with Gasteiger partial charge in [-0.1, -0.05) is 6.07 Å². The lowest BCUT2D eigenvalue weighted by Gasteiger charge is -2.27. The summed E-state index contributed by atoms with van der Waals surface area (Å²) < 4.78 is 10.2. The number of amides is 1. The second-order valence-corrected chi connectivity index (χ2v) is 12.3. The molecule has 10 heteroatoms. The van der Waals surface area contributed by atoms with Gasteiger partial charge < -0.3 is 34.9 Å². The summed E-state index contributed by atoms with van der Waals surface area (Å²) >= 11 is 0. The number of hydrogen-bond donors (Lipinski definition) is 3. The standard InChI is InChI=1S/C33H35N7O3/c1-38-30-24(12-21(14-27(30)43-2)33(42)40-17-20-8-10-25(40)29(20)34)36-32(38)26-13-19-9-11-28(35-22-4-3-5-23(41)15-22)37-31(19)39(26)16-18-6-7-18/h3-5,9,11-15,18,20,25,29,41H,6-8,10,16-17,34H2,1-2H3,(H,35,37)/t20-,25-,29-/m1/s1. The molecular weight excluding hydrogens is 542 g/mol. The number of piperidine rings is 1. The number of carbonyl (C=O) groups excluding carboxylic acids is 1. The number of phenols is 1. The number of methoxy groups -OCH3 is 1. The van der Waals surface area contributed by atoms with E-state index in [1.54, 1.807) is 25.3 Å². The summed E-state index contributed by atoms with van der Waals surface area (Å²) in [6, 6.07) is 17.1. The Hall–Kier alpha value is -4.57. The molecule has 1 amide bonds. The quantitative estimate of drug-likeness (QED) is 0.248. The minimum absolute atomic E-state index is 0.00568. The highest BCUT2D eigenvalue weighted by molar-refractivity contribution is 6.00. The van der Waals surface area contributed by atoms with Gasteiger partial charge in [-0.05, 0) is 80.0 Å². The van der Waals surface area contributed by atoms with E-state index in [-0.39, 0.29) is 23.7 Å². The average Bonchev–Trinajstić information content (AvgIpc) is 3.41. The Morgan fingerprint density at radius 3 is 2.67 bits per heavy atom. The van der Waals surface area contributed by atoms with Crippen molar-refractivity contribution in [3.63, 3.8) is 0 Å². The van der Waals surface area contributed by atoms with Crippen molar-refractivity contribution in [2.75, 3.05) is 19.0 Å². The maximum atomic E-state index is 13.7. The fourth-order valence-electron chi connectivity index (χ4n) is 7.12. The molecule has 10 nitrogen and oxygen atoms in total. The summed E-state index contributed by atoms with van der Waals surface area (Å²) in [7, 11) is 3.63. The van der Waals surface area contributed by atoms with Gasteiger partial charge in [0.05, 0.1) is 18.3 Å². The first-order chi connectivity index (χ1) is 20.9. The van der Waals surface area contributed by atoms with Gasteiger partial charge >= 0.3 is 0 Å². The monoisotopic (exact) mass is 577 g/mol. The number of aryl methyl sites for hydroxylation is 1. The summed E-state index contributed by atoms with van der Waals surface area (Å²) in [5, 5.41) is 14.2. The van der Waals surface area contributed by atoms with Crippen molar-refractivity contribution in [3.8, 4) is 23.0 Å². The van der Waals surface area contributed by atoms with E-state index in [0.29, 0.717) is 29.0 Å². The van der Waals surface area contributed by atoms with Crippen LogP contribution in [0.1, 0.15) is 36.0 Å². The molecule has 220 valence electrons. The Bertz CT molecular complexity index is 1910. The number of aromatic hydroxyl groups is 1. The maximum absolute atomic E-state index is 13.7. The fraction of sp³-hybridized carbons (Fsp3) is 0.364. The zero-order valence-electron chi connectivity index (χ0n) is 24.3. The highest BCUT2D eigenvalue weighted by atomic mass is 16.5. The third kappa shape index (κ3) is 4.31. The largest absolute Gasteiger partial charge is 0.508 e. The number of pyridine rings is 1. The minimum atomic E-state index is -0.00568. The molecule has 1 aliphatic heterocycles. The number of nitrogens with one attached hydrogen (secondary N) is 1. The number of ether oxygens (including phenoxy) is 1. The van der Waals surface area contributed by atoms with Gasteiger partial charge in [-0.15, -0.1) is 0 Å². The molecule has 3 fully saturated rings. The van der Waals surface area contributed by atoms with Crippen LogP contribution in [0, 0.1) is 11.8 Å². The SMILES string of the molecule is COc1cc(C(=O)N2C[C@H]3CC[C@@H]2[C@@H]3N)cc2nc(-c3cc4ccc(Nc5cccc(O)c5)nc4n3CC3CC3)n(C)c12. The second-order valence-electron chi connectivity index (χ2n) is 12.3. The molecule has 3 atom stereocenters. The zero-order chi connectivity index (χ0) is 29.4. The number of fused-ring (bicyclic) bond motifs is 4. The number of nitrogens with two attached hydrogens (primary N) is 1. The summed E-state index contributed by atoms with van der Waals surface area (Å²) in [5.74, 6) is 3.30. The molecule has 43 heavy (non-hydrogen) atoms. The highest BCUT2D eigenvalue weighted by Gasteiger charge is 2.47. The van der Waals surface area contributed by atoms with Crippen LogP contribution in [0.3, 0.4) is 0 Å². The van der Waals surface area contributed by atoms with Crippen LogP contribution in [0.2, 0.25) is 0 Å². The van der Waals surface area contributed by atoms with E-state index in [4.69, 9.17) is 20.4 Å². The van der Waals surface area contributed by atoms with Crippen LogP contribution in [0.5, 0.6) is 11.5 Å². The molecule has 2 aliphatic carbocycles. The number of hydrogen-bond acceptors (Lipinski definition) is 7. The summed E-state index contributed by atoms with van der Waals surface area (Å²) in [6.07, 6.45) is 4.46. The number of anilines is 2. The van der Waals surface area contributed by atoms with Crippen LogP contribution < -0.4 is 15.8 Å². The van der Waals surface area contributed by atoms with Crippen LogP contribution >= 0.6 is 0 Å². The Morgan fingerprint density at radius 1 is 1.09 bits per heavy atom. The molecule has 0 unspecified atom stereocenters. The maximum Gasteiger partial charge on any atom is 0.254 e. The van der Waals surface area contributed by atoms with Crippen LogP contribution in [0.15, 0.2) is 54.6 Å². The Morgan fingerprint density at radius 2 is 1.95 bits per heavy atom. The van der Waals surface area contributed by atoms with Gasteiger partial charge in [0.15, 0.2) is 5.82 Å². The van der Waals surface area contributed by atoms with Crippen molar-refractivity contribution < 1.29 is 14.6 Å². The van der Waals surface area contributed by atoms with Gasteiger partial charge in [0.25, 0.3) is 5.91 Å². The Kier molecular flexibility index (Phi) is 5.91. The van der Waals surface area contributed by atoms with Crippen molar-refractivity contribution in [1.29, 1.82) is 0 Å². The van der Waals surface area contributed by atoms with Gasteiger partial charge in [-0.25, -0.2) is 9.97 Å². The summed E-state index contributed by atoms with van der Waals surface area (Å²) in [5.41, 5.74) is 11.2. The number of imidazole rings is 1. The van der Waals surface area contributed by atoms with E-state index >= 15 is 0 Å². The van der Waals surface area contributed by atoms with Gasteiger partial charge in [0, 0.05) is 54.9 Å². The third-order valence-corrected chi connectivity index (χ3v) is 9.54. The van der Waals surface area contributed by atoms with Crippen molar-refractivity contribution >= 4 is 39.5 Å². The van der Waals surface area contributed by atoms with E-state index in [9.17, 15) is 9.90 Å². The smallest absolute Gasteiger partial charge is 0.254 e. The summed E-state index contributed by atoms with van der Waals surface area (Å²) in [6.45, 7) is 1.57. The second kappa shape index (κ2) is 9.74. The number of rotatable bonds is 7. The molecule has 2 saturated carbocycles. The normalized spacial score (nSPS) is 21.3. The molecule has 3 aromatic heterocycles. The molecule has 4 heterocycles. The first kappa shape index (κ1) is 26.1. The van der Waals surface area contributed by atoms with Crippen molar-refractivity contribution in [1.82, 2.24) is 24.0 Å². The molecule has 8 rings (SSSR count). The lowest BCUT2D eigenvalue weighted by Crippen LogP contribution is -2.41. The molecule has 0 radical (unpaired) electrons. The topological polar surface area (TPSA) is 123 Å². The molecule has 4 N–H and O–H groups in total. The Labute approximate surface area is 249 Å². The minimum Gasteiger partial charge on any atom is -0.508 e. The van der Waals surface area contributed by atoms with Gasteiger partial charge in [-0.3, -0.25) is 4.79 Å². The van der Waals surface area contributed by atoms with Gasteiger partial charge in [-0.2, -0.15) is 0 Å². The molecule has 1 saturated heterocycles. The van der Waals surface area contributed by atoms with Crippen LogP contribution in [-0.4, -0.2) is 60.8 Å². The van der Waals surface area contributed by atoms with Crippen molar-refractivity contribution in [3.05, 3.63) is 60.2 Å². The molecular formula is C33H35N7O3. The first-order valence-corrected chi connectivity index (χ1v) is 15.1. The molecule has 3 aliphatic rings. The van der Waals surface area contributed by atoms with E-state index in [1.807, 2.05) is 36.2 Å². The number of likely N-dealkylation sites (tertiary alicyclic amines) is 1. The van der Waals surface area contributed by atoms with Crippen molar-refractivity contribution in [2.24, 2.45) is 24.6 Å². The lowest BCUT2D eigenvalue weighted by molar-refractivity contribution is 0.0700. The Balaban J connectivity index is 1.21. The van der Waals surface area contributed by atoms with Crippen LogP contribution in [0.25, 0.3) is 33.6 Å². The first-order valence-electron chi connectivity index (χ1n) is 15.1. The summed E-state index contributed by atoms with van der Waals surface area (Å²) in [4.78, 5) is 25.7. The zero-order valence-corrected chi connectivity index (χ0v) is 24.3. The van der Waals surface area contributed by atoms with Gasteiger partial charge in [0.1, 0.15) is 28.5 Å². The molecule has 2 aromatic carbocycles. The predicted octanol–water partition coefficient (Wildman–Crippen LogP) is 5.02. The van der Waals surface area contributed by atoms with E-state index < -0.39 is 0 Å². The molecule has 0 spiro atoms. The van der Waals surface area contributed by atoms with Crippen LogP contribution in [-0.2, 0) is 13.6 Å². The van der Waals surface area contributed by atoms with E-state index in [1.165, 1.54) is 12.8 Å². The number of carbonyl (C=O) groups is 1. The van der Waals surface area contributed by atoms with Crippen molar-refractivity contribution in [2.45, 2.75) is 44.3 Å². The predicted molar refractivity (Wildman–Crippen MR) is 166 cm³/mol. The molecule has 5 aromatic rings. The number of aromatic nitrogens is 4. The fourth-order valence-corrected chi connectivity index (χ4v) is 7.12. The number of nitrogens with zero attached hydrogens (tertiary/aromatic N) is 5. The van der Waals surface area contributed by atoms with E-state index in [0.717, 1.165) is 65.2 Å². The van der Waals surface area contributed by atoms with Gasteiger partial charge in [0.2, 0.25) is 0 Å².